The summed E-state index contributed by atoms with van der Waals surface area (Å²) in [7, 11) is 3.80. The maximum Gasteiger partial charge on any atom is 0.336 e. The summed E-state index contributed by atoms with van der Waals surface area (Å²) in [4.78, 5) is 39.5. The summed E-state index contributed by atoms with van der Waals surface area (Å²) in [5, 5.41) is 27.4. The van der Waals surface area contributed by atoms with E-state index in [0.29, 0.717) is 56.9 Å². The van der Waals surface area contributed by atoms with Crippen molar-refractivity contribution < 1.29 is 24.2 Å². The number of carboxylic acids is 1. The molecule has 8 heteroatoms. The molecule has 0 atom stereocenters. The molecule has 204 valence electrons. The van der Waals surface area contributed by atoms with Crippen molar-refractivity contribution in [1.82, 2.24) is 10.2 Å². The third-order valence-corrected chi connectivity index (χ3v) is 7.26. The van der Waals surface area contributed by atoms with Crippen LogP contribution >= 0.6 is 0 Å². The highest BCUT2D eigenvalue weighted by molar-refractivity contribution is 6.21. The molecule has 5 aromatic carbocycles. The van der Waals surface area contributed by atoms with E-state index in [1.54, 1.807) is 36.4 Å². The van der Waals surface area contributed by atoms with Gasteiger partial charge < -0.3 is 24.8 Å². The Bertz CT molecular complexity index is 2090. The normalized spacial score (nSPS) is 11.6. The summed E-state index contributed by atoms with van der Waals surface area (Å²) in [6.07, 6.45) is 0. The van der Waals surface area contributed by atoms with E-state index in [1.165, 1.54) is 18.2 Å². The second-order valence-electron chi connectivity index (χ2n) is 10.3. The molecule has 1 aromatic heterocycles. The first kappa shape index (κ1) is 26.0. The van der Waals surface area contributed by atoms with Crippen LogP contribution in [0.4, 0.5) is 0 Å². The number of aromatic hydroxyl groups is 1. The molecule has 6 rings (SSSR count). The van der Waals surface area contributed by atoms with Crippen LogP contribution in [0.15, 0.2) is 88.1 Å². The van der Waals surface area contributed by atoms with Gasteiger partial charge in [-0.25, -0.2) is 4.79 Å². The number of fused-ring (bicyclic) bond motifs is 6. The van der Waals surface area contributed by atoms with Gasteiger partial charge in [-0.2, -0.15) is 0 Å². The van der Waals surface area contributed by atoms with Crippen molar-refractivity contribution in [3.63, 3.8) is 0 Å². The minimum atomic E-state index is -1.17. The highest BCUT2D eigenvalue weighted by Gasteiger charge is 2.22. The largest absolute Gasteiger partial charge is 0.508 e. The zero-order valence-electron chi connectivity index (χ0n) is 22.4. The first-order chi connectivity index (χ1) is 19.7. The molecule has 0 aliphatic heterocycles. The van der Waals surface area contributed by atoms with Gasteiger partial charge in [0.1, 0.15) is 16.9 Å². The number of hydrogen-bond donors (Lipinski definition) is 3. The molecule has 0 bridgehead atoms. The smallest absolute Gasteiger partial charge is 0.336 e. The molecule has 0 aliphatic carbocycles. The van der Waals surface area contributed by atoms with Crippen molar-refractivity contribution >= 4 is 55.4 Å². The standard InChI is InChI=1S/C33H26N2O6/c1-35(2)14-13-34-32(38)20-5-8-25(28(17-20)33(39)40)29-26-9-3-18-15-21(36)6-11-23(18)30(26)41-31-24-12-7-22(37)16-19(24)4-10-27(29)31/h3-12,15-17,36H,13-14H2,1-2H3,(H,34,38)(H,39,40). The summed E-state index contributed by atoms with van der Waals surface area (Å²) < 4.78 is 6.54. The average Bonchev–Trinajstić information content (AvgIpc) is 2.94. The molecule has 0 saturated carbocycles. The number of nitrogens with one attached hydrogen (secondary N) is 1. The van der Waals surface area contributed by atoms with Crippen LogP contribution in [-0.2, 0) is 0 Å². The monoisotopic (exact) mass is 546 g/mol. The lowest BCUT2D eigenvalue weighted by Gasteiger charge is -2.17. The Morgan fingerprint density at radius 1 is 0.805 bits per heavy atom. The molecule has 0 aliphatic rings. The third kappa shape index (κ3) is 4.64. The summed E-state index contributed by atoms with van der Waals surface area (Å²) in [6.45, 7) is 1.07. The molecule has 0 unspecified atom stereocenters. The van der Waals surface area contributed by atoms with Gasteiger partial charge in [-0.15, -0.1) is 0 Å². The summed E-state index contributed by atoms with van der Waals surface area (Å²) in [5.41, 5.74) is 2.13. The number of rotatable bonds is 6. The summed E-state index contributed by atoms with van der Waals surface area (Å²) in [5.74, 6) is -1.42. The Morgan fingerprint density at radius 2 is 1.44 bits per heavy atom. The Morgan fingerprint density at radius 3 is 2.10 bits per heavy atom. The number of hydrogen-bond acceptors (Lipinski definition) is 6. The maximum atomic E-state index is 12.8. The van der Waals surface area contributed by atoms with Crippen LogP contribution in [0.3, 0.4) is 0 Å². The molecule has 8 nitrogen and oxygen atoms in total. The predicted octanol–water partition coefficient (Wildman–Crippen LogP) is 5.61. The van der Waals surface area contributed by atoms with Gasteiger partial charge in [0.2, 0.25) is 0 Å². The lowest BCUT2D eigenvalue weighted by molar-refractivity contribution is 0.0697. The Kier molecular flexibility index (Phi) is 6.40. The number of nitrogens with zero attached hydrogens (tertiary/aromatic N) is 1. The molecule has 41 heavy (non-hydrogen) atoms. The van der Waals surface area contributed by atoms with Gasteiger partial charge in [-0.05, 0) is 91.1 Å². The lowest BCUT2D eigenvalue weighted by atomic mass is 9.90. The van der Waals surface area contributed by atoms with E-state index in [4.69, 9.17) is 4.42 Å². The molecule has 0 spiro atoms. The number of phenols is 1. The molecule has 1 amide bonds. The van der Waals surface area contributed by atoms with Crippen molar-refractivity contribution in [3.8, 4) is 16.9 Å². The minimum absolute atomic E-state index is 0.0279. The Labute approximate surface area is 234 Å². The van der Waals surface area contributed by atoms with E-state index in [2.05, 4.69) is 5.32 Å². The number of carbonyl (C=O) groups excluding carboxylic acids is 1. The van der Waals surface area contributed by atoms with Gasteiger partial charge in [0.05, 0.1) is 5.56 Å². The van der Waals surface area contributed by atoms with E-state index in [-0.39, 0.29) is 28.2 Å². The lowest BCUT2D eigenvalue weighted by Crippen LogP contribution is -2.31. The second-order valence-corrected chi connectivity index (χ2v) is 10.3. The highest BCUT2D eigenvalue weighted by Crippen LogP contribution is 2.43. The van der Waals surface area contributed by atoms with Crippen LogP contribution in [-0.4, -0.2) is 54.2 Å². The van der Waals surface area contributed by atoms with E-state index in [1.807, 2.05) is 43.3 Å². The number of benzene rings is 5. The maximum absolute atomic E-state index is 12.8. The second kappa shape index (κ2) is 10.1. The molecule has 6 aromatic rings. The minimum Gasteiger partial charge on any atom is -0.508 e. The van der Waals surface area contributed by atoms with Crippen LogP contribution in [0.25, 0.3) is 54.6 Å². The molecule has 3 N–H and O–H groups in total. The van der Waals surface area contributed by atoms with Crippen molar-refractivity contribution in [2.45, 2.75) is 0 Å². The first-order valence-electron chi connectivity index (χ1n) is 13.1. The Hall–Kier alpha value is -5.21. The predicted molar refractivity (Wildman–Crippen MR) is 160 cm³/mol. The topological polar surface area (TPSA) is 120 Å². The van der Waals surface area contributed by atoms with Crippen molar-refractivity contribution in [2.75, 3.05) is 27.2 Å². The number of carboxylic acid groups (broad SMARTS) is 1. The number of aromatic carboxylic acids is 1. The van der Waals surface area contributed by atoms with E-state index in [9.17, 15) is 24.6 Å². The van der Waals surface area contributed by atoms with Gasteiger partial charge in [0.15, 0.2) is 5.43 Å². The number of carbonyl (C=O) groups is 2. The van der Waals surface area contributed by atoms with Gasteiger partial charge >= 0.3 is 5.97 Å². The van der Waals surface area contributed by atoms with Gasteiger partial charge in [-0.3, -0.25) is 9.59 Å². The Balaban J connectivity index is 1.67. The van der Waals surface area contributed by atoms with E-state index >= 15 is 0 Å². The fourth-order valence-corrected chi connectivity index (χ4v) is 5.29. The SMILES string of the molecule is CN(C)CCNC(=O)c1ccc(-c2c3ccc4cc(O)ccc4c3oc3c2ccc2cc(=O)ccc23)c(C(=O)O)c1. The van der Waals surface area contributed by atoms with Gasteiger partial charge in [0, 0.05) is 45.8 Å². The fourth-order valence-electron chi connectivity index (χ4n) is 5.29. The molecular formula is C33H26N2O6. The van der Waals surface area contributed by atoms with Crippen molar-refractivity contribution in [2.24, 2.45) is 0 Å². The number of phenolic OH excluding ortho intramolecular Hbond substituents is 1. The zero-order chi connectivity index (χ0) is 28.8. The fraction of sp³-hybridized carbons (Fsp3) is 0.121. The van der Waals surface area contributed by atoms with Crippen molar-refractivity contribution in [1.29, 1.82) is 0 Å². The number of amides is 1. The van der Waals surface area contributed by atoms with Crippen molar-refractivity contribution in [3.05, 3.63) is 100 Å². The number of likely N-dealkylation sites (N-methyl/N-ethyl adjacent to an activating group) is 1. The average molecular weight is 547 g/mol. The molecule has 0 fully saturated rings. The summed E-state index contributed by atoms with van der Waals surface area (Å²) in [6, 6.07) is 21.7. The summed E-state index contributed by atoms with van der Waals surface area (Å²) >= 11 is 0. The molecule has 0 saturated heterocycles. The highest BCUT2D eigenvalue weighted by atomic mass is 16.4. The van der Waals surface area contributed by atoms with Crippen LogP contribution in [0.5, 0.6) is 5.75 Å². The van der Waals surface area contributed by atoms with Crippen LogP contribution < -0.4 is 10.7 Å². The third-order valence-electron chi connectivity index (χ3n) is 7.26. The molecule has 0 radical (unpaired) electrons. The molecular weight excluding hydrogens is 520 g/mol. The van der Waals surface area contributed by atoms with E-state index < -0.39 is 5.97 Å². The zero-order valence-corrected chi connectivity index (χ0v) is 22.4. The quantitative estimate of drug-likeness (QED) is 0.183. The van der Waals surface area contributed by atoms with Crippen LogP contribution in [0, 0.1) is 0 Å². The van der Waals surface area contributed by atoms with E-state index in [0.717, 1.165) is 10.8 Å². The van der Waals surface area contributed by atoms with Crippen LogP contribution in [0.2, 0.25) is 0 Å². The molecule has 1 heterocycles. The van der Waals surface area contributed by atoms with Crippen LogP contribution in [0.1, 0.15) is 20.7 Å². The first-order valence-corrected chi connectivity index (χ1v) is 13.1. The van der Waals surface area contributed by atoms with Gasteiger partial charge in [-0.1, -0.05) is 18.2 Å². The van der Waals surface area contributed by atoms with Gasteiger partial charge in [0.25, 0.3) is 5.91 Å².